The Labute approximate surface area is 110 Å². The second-order valence-corrected chi connectivity index (χ2v) is 6.57. The summed E-state index contributed by atoms with van der Waals surface area (Å²) in [5, 5.41) is 0. The van der Waals surface area contributed by atoms with Crippen LogP contribution in [0.5, 0.6) is 0 Å². The van der Waals surface area contributed by atoms with Crippen molar-refractivity contribution in [3.63, 3.8) is 0 Å². The monoisotopic (exact) mass is 244 g/mol. The lowest BCUT2D eigenvalue weighted by atomic mass is 9.95. The van der Waals surface area contributed by atoms with E-state index >= 15 is 0 Å². The first-order chi connectivity index (χ1) is 8.59. The van der Waals surface area contributed by atoms with Crippen LogP contribution < -0.4 is 5.73 Å². The lowest BCUT2D eigenvalue weighted by Gasteiger charge is -2.24. The fraction of sp³-hybridized carbons (Fsp3) is 0.625. The molecular weight excluding hydrogens is 220 g/mol. The summed E-state index contributed by atoms with van der Waals surface area (Å²) in [7, 11) is 2.28. The highest BCUT2D eigenvalue weighted by Crippen LogP contribution is 2.49. The molecule has 2 nitrogen and oxygen atoms in total. The van der Waals surface area contributed by atoms with Gasteiger partial charge in [-0.2, -0.15) is 0 Å². The molecule has 2 heteroatoms. The van der Waals surface area contributed by atoms with Gasteiger partial charge in [-0.25, -0.2) is 0 Å². The largest absolute Gasteiger partial charge is 0.399 e. The molecule has 2 fully saturated rings. The van der Waals surface area contributed by atoms with Gasteiger partial charge in [-0.1, -0.05) is 19.1 Å². The Morgan fingerprint density at radius 1 is 1.28 bits per heavy atom. The number of benzene rings is 1. The van der Waals surface area contributed by atoms with Crippen molar-refractivity contribution in [1.82, 2.24) is 4.90 Å². The highest BCUT2D eigenvalue weighted by Gasteiger charge is 2.45. The van der Waals surface area contributed by atoms with Crippen LogP contribution in [-0.4, -0.2) is 25.0 Å². The Hall–Kier alpha value is -1.02. The van der Waals surface area contributed by atoms with Gasteiger partial charge >= 0.3 is 0 Å². The van der Waals surface area contributed by atoms with Crippen molar-refractivity contribution < 1.29 is 0 Å². The number of nitrogens with two attached hydrogens (primary N) is 1. The molecule has 98 valence electrons. The Kier molecular flexibility index (Phi) is 2.86. The van der Waals surface area contributed by atoms with Crippen LogP contribution in [0.4, 0.5) is 5.69 Å². The van der Waals surface area contributed by atoms with Crippen LogP contribution in [0.3, 0.4) is 0 Å². The van der Waals surface area contributed by atoms with Gasteiger partial charge in [-0.3, -0.25) is 0 Å². The minimum Gasteiger partial charge on any atom is -0.399 e. The van der Waals surface area contributed by atoms with E-state index in [0.717, 1.165) is 17.5 Å². The number of nitrogens with zero attached hydrogens (tertiary/aromatic N) is 1. The lowest BCUT2D eigenvalue weighted by molar-refractivity contribution is 0.286. The molecule has 0 aliphatic heterocycles. The highest BCUT2D eigenvalue weighted by atomic mass is 15.1. The van der Waals surface area contributed by atoms with Crippen molar-refractivity contribution >= 4 is 5.69 Å². The molecule has 1 aromatic rings. The van der Waals surface area contributed by atoms with Gasteiger partial charge in [0.2, 0.25) is 0 Å². The van der Waals surface area contributed by atoms with Gasteiger partial charge in [0.1, 0.15) is 0 Å². The van der Waals surface area contributed by atoms with Gasteiger partial charge in [0, 0.05) is 24.2 Å². The van der Waals surface area contributed by atoms with E-state index < -0.39 is 0 Å². The standard InChI is InChI=1S/C16H24N2/c1-12-9-13(12)10-18(2)11-16(7-8-16)14-3-5-15(17)6-4-14/h3-6,12-13H,7-11,17H2,1-2H3. The highest BCUT2D eigenvalue weighted by molar-refractivity contribution is 5.43. The molecule has 2 aliphatic rings. The predicted molar refractivity (Wildman–Crippen MR) is 76.5 cm³/mol. The molecule has 0 heterocycles. The van der Waals surface area contributed by atoms with E-state index in [2.05, 4.69) is 31.0 Å². The number of likely N-dealkylation sites (N-methyl/N-ethyl adjacent to an activating group) is 1. The van der Waals surface area contributed by atoms with Crippen LogP contribution in [0.25, 0.3) is 0 Å². The van der Waals surface area contributed by atoms with E-state index in [4.69, 9.17) is 5.73 Å². The maximum absolute atomic E-state index is 5.77. The van der Waals surface area contributed by atoms with Crippen LogP contribution in [-0.2, 0) is 5.41 Å². The van der Waals surface area contributed by atoms with Crippen molar-refractivity contribution in [3.8, 4) is 0 Å². The Bertz CT molecular complexity index is 419. The van der Waals surface area contributed by atoms with Gasteiger partial charge < -0.3 is 10.6 Å². The maximum atomic E-state index is 5.77. The van der Waals surface area contributed by atoms with E-state index in [1.165, 1.54) is 37.9 Å². The summed E-state index contributed by atoms with van der Waals surface area (Å²) < 4.78 is 0. The van der Waals surface area contributed by atoms with Crippen molar-refractivity contribution in [2.75, 3.05) is 25.9 Å². The maximum Gasteiger partial charge on any atom is 0.0314 e. The van der Waals surface area contributed by atoms with Crippen LogP contribution in [0.15, 0.2) is 24.3 Å². The summed E-state index contributed by atoms with van der Waals surface area (Å²) in [5.74, 6) is 1.91. The Morgan fingerprint density at radius 3 is 2.39 bits per heavy atom. The summed E-state index contributed by atoms with van der Waals surface area (Å²) in [6.45, 7) is 4.85. The molecule has 2 aliphatic carbocycles. The van der Waals surface area contributed by atoms with Crippen LogP contribution in [0, 0.1) is 11.8 Å². The molecule has 3 rings (SSSR count). The molecular formula is C16H24N2. The summed E-state index contributed by atoms with van der Waals surface area (Å²) in [4.78, 5) is 2.54. The smallest absolute Gasteiger partial charge is 0.0314 e. The predicted octanol–water partition coefficient (Wildman–Crippen LogP) is 2.89. The van der Waals surface area contributed by atoms with Crippen molar-refractivity contribution in [2.45, 2.75) is 31.6 Å². The molecule has 0 amide bonds. The molecule has 0 saturated heterocycles. The second kappa shape index (κ2) is 4.27. The number of hydrogen-bond donors (Lipinski definition) is 1. The Balaban J connectivity index is 1.62. The molecule has 1 aromatic carbocycles. The molecule has 18 heavy (non-hydrogen) atoms. The van der Waals surface area contributed by atoms with Crippen LogP contribution in [0.1, 0.15) is 31.7 Å². The fourth-order valence-corrected chi connectivity index (χ4v) is 3.16. The molecule has 0 aromatic heterocycles. The zero-order valence-corrected chi connectivity index (χ0v) is 11.5. The lowest BCUT2D eigenvalue weighted by Crippen LogP contribution is -2.31. The molecule has 2 saturated carbocycles. The summed E-state index contributed by atoms with van der Waals surface area (Å²) in [6.07, 6.45) is 4.10. The quantitative estimate of drug-likeness (QED) is 0.807. The minimum atomic E-state index is 0.431. The topological polar surface area (TPSA) is 29.3 Å². The third kappa shape index (κ3) is 2.39. The first-order valence-electron chi connectivity index (χ1n) is 7.14. The average Bonchev–Trinajstić information content (AvgIpc) is 3.21. The molecule has 2 N–H and O–H groups in total. The van der Waals surface area contributed by atoms with E-state index in [9.17, 15) is 0 Å². The van der Waals surface area contributed by atoms with Gasteiger partial charge in [-0.15, -0.1) is 0 Å². The normalized spacial score (nSPS) is 28.4. The fourth-order valence-electron chi connectivity index (χ4n) is 3.16. The summed E-state index contributed by atoms with van der Waals surface area (Å²) in [5.41, 5.74) is 8.55. The third-order valence-corrected chi connectivity index (χ3v) is 4.77. The van der Waals surface area contributed by atoms with E-state index in [-0.39, 0.29) is 0 Å². The summed E-state index contributed by atoms with van der Waals surface area (Å²) in [6, 6.07) is 8.52. The van der Waals surface area contributed by atoms with E-state index in [1.54, 1.807) is 0 Å². The average molecular weight is 244 g/mol. The zero-order chi connectivity index (χ0) is 12.8. The first kappa shape index (κ1) is 12.0. The van der Waals surface area contributed by atoms with Crippen LogP contribution >= 0.6 is 0 Å². The number of hydrogen-bond acceptors (Lipinski definition) is 2. The number of nitrogen functional groups attached to an aromatic ring is 1. The van der Waals surface area contributed by atoms with Gasteiger partial charge in [-0.05, 0) is 55.8 Å². The van der Waals surface area contributed by atoms with Crippen LogP contribution in [0.2, 0.25) is 0 Å². The molecule has 2 unspecified atom stereocenters. The SMILES string of the molecule is CC1CC1CN(C)CC1(c2ccc(N)cc2)CC1. The van der Waals surface area contributed by atoms with Gasteiger partial charge in [0.15, 0.2) is 0 Å². The van der Waals surface area contributed by atoms with Crippen molar-refractivity contribution in [1.29, 1.82) is 0 Å². The molecule has 0 bridgehead atoms. The second-order valence-electron chi connectivity index (χ2n) is 6.57. The van der Waals surface area contributed by atoms with Gasteiger partial charge in [0.25, 0.3) is 0 Å². The van der Waals surface area contributed by atoms with E-state index in [1.807, 2.05) is 12.1 Å². The summed E-state index contributed by atoms with van der Waals surface area (Å²) >= 11 is 0. The molecule has 0 radical (unpaired) electrons. The van der Waals surface area contributed by atoms with Crippen molar-refractivity contribution in [3.05, 3.63) is 29.8 Å². The molecule has 0 spiro atoms. The molecule has 2 atom stereocenters. The minimum absolute atomic E-state index is 0.431. The third-order valence-electron chi connectivity index (χ3n) is 4.77. The number of rotatable bonds is 5. The van der Waals surface area contributed by atoms with Crippen molar-refractivity contribution in [2.24, 2.45) is 11.8 Å². The number of anilines is 1. The Morgan fingerprint density at radius 2 is 1.89 bits per heavy atom. The van der Waals surface area contributed by atoms with Gasteiger partial charge in [0.05, 0.1) is 0 Å². The first-order valence-corrected chi connectivity index (χ1v) is 7.14. The zero-order valence-electron chi connectivity index (χ0n) is 11.5. The van der Waals surface area contributed by atoms with E-state index in [0.29, 0.717) is 5.41 Å².